The Bertz CT molecular complexity index is 1770. The number of hydrogen-bond donors (Lipinski definition) is 0. The molecule has 6 aromatic carbocycles. The van der Waals surface area contributed by atoms with Crippen LogP contribution in [0.25, 0.3) is 33.4 Å². The first-order chi connectivity index (χ1) is 20.2. The first kappa shape index (κ1) is 25.4. The second-order valence-corrected chi connectivity index (χ2v) is 9.73. The monoisotopic (exact) mass is 523 g/mol. The van der Waals surface area contributed by atoms with Crippen molar-refractivity contribution in [2.75, 3.05) is 4.90 Å². The molecule has 0 spiro atoms. The molecule has 0 fully saturated rings. The summed E-state index contributed by atoms with van der Waals surface area (Å²) in [6.07, 6.45) is 0. The van der Waals surface area contributed by atoms with Crippen LogP contribution in [0, 0.1) is 22.7 Å². The van der Waals surface area contributed by atoms with Gasteiger partial charge in [-0.05, 0) is 94.0 Å². The number of hydrogen-bond acceptors (Lipinski definition) is 3. The Kier molecular flexibility index (Phi) is 7.09. The highest BCUT2D eigenvalue weighted by Crippen LogP contribution is 2.37. The third-order valence-electron chi connectivity index (χ3n) is 7.13. The molecule has 0 atom stereocenters. The molecule has 0 aromatic heterocycles. The SMILES string of the molecule is N#Cc1cccc(-c2ccc(N(c3ccc(-c4ccccc4)cc3)c3ccc(-c4cccc(C#N)c4)cc3)cc2)c1. The number of rotatable bonds is 6. The highest BCUT2D eigenvalue weighted by Gasteiger charge is 2.14. The number of anilines is 3. The molecule has 0 saturated carbocycles. The van der Waals surface area contributed by atoms with Crippen LogP contribution >= 0.6 is 0 Å². The minimum absolute atomic E-state index is 0.645. The summed E-state index contributed by atoms with van der Waals surface area (Å²) in [6.45, 7) is 0. The Morgan fingerprint density at radius 2 is 0.683 bits per heavy atom. The van der Waals surface area contributed by atoms with E-state index < -0.39 is 0 Å². The Labute approximate surface area is 240 Å². The molecule has 0 amide bonds. The van der Waals surface area contributed by atoms with E-state index in [0.29, 0.717) is 11.1 Å². The molecule has 0 aliphatic rings. The molecule has 0 radical (unpaired) electrons. The predicted molar refractivity (Wildman–Crippen MR) is 167 cm³/mol. The Morgan fingerprint density at radius 3 is 1.07 bits per heavy atom. The first-order valence-corrected chi connectivity index (χ1v) is 13.4. The van der Waals surface area contributed by atoms with Gasteiger partial charge in [0.05, 0.1) is 23.3 Å². The van der Waals surface area contributed by atoms with E-state index >= 15 is 0 Å². The topological polar surface area (TPSA) is 50.8 Å². The Hall–Kier alpha value is -5.90. The van der Waals surface area contributed by atoms with Crippen molar-refractivity contribution in [3.63, 3.8) is 0 Å². The van der Waals surface area contributed by atoms with Crippen LogP contribution in [0.3, 0.4) is 0 Å². The van der Waals surface area contributed by atoms with Crippen LogP contribution in [0.4, 0.5) is 17.1 Å². The van der Waals surface area contributed by atoms with Crippen LogP contribution in [-0.4, -0.2) is 0 Å². The second kappa shape index (κ2) is 11.5. The predicted octanol–water partition coefficient (Wildman–Crippen LogP) is 9.90. The van der Waals surface area contributed by atoms with Crippen LogP contribution in [0.1, 0.15) is 11.1 Å². The molecule has 0 heterocycles. The lowest BCUT2D eigenvalue weighted by atomic mass is 10.0. The van der Waals surface area contributed by atoms with Crippen LogP contribution in [0.5, 0.6) is 0 Å². The van der Waals surface area contributed by atoms with E-state index in [-0.39, 0.29) is 0 Å². The lowest BCUT2D eigenvalue weighted by Gasteiger charge is -2.26. The van der Waals surface area contributed by atoms with Gasteiger partial charge in [-0.2, -0.15) is 10.5 Å². The van der Waals surface area contributed by atoms with Crippen LogP contribution in [0.15, 0.2) is 152 Å². The van der Waals surface area contributed by atoms with Crippen molar-refractivity contribution < 1.29 is 0 Å². The van der Waals surface area contributed by atoms with Crippen molar-refractivity contribution in [3.8, 4) is 45.5 Å². The quantitative estimate of drug-likeness (QED) is 0.218. The summed E-state index contributed by atoms with van der Waals surface area (Å²) in [4.78, 5) is 2.24. The van der Waals surface area contributed by atoms with Gasteiger partial charge < -0.3 is 4.90 Å². The van der Waals surface area contributed by atoms with Gasteiger partial charge in [0, 0.05) is 17.1 Å². The zero-order chi connectivity index (χ0) is 28.0. The summed E-state index contributed by atoms with van der Waals surface area (Å²) >= 11 is 0. The average molecular weight is 524 g/mol. The fourth-order valence-electron chi connectivity index (χ4n) is 5.02. The first-order valence-electron chi connectivity index (χ1n) is 13.4. The summed E-state index contributed by atoms with van der Waals surface area (Å²) < 4.78 is 0. The number of nitrogens with zero attached hydrogens (tertiary/aromatic N) is 3. The normalized spacial score (nSPS) is 10.4. The lowest BCUT2D eigenvalue weighted by molar-refractivity contribution is 1.28. The van der Waals surface area contributed by atoms with E-state index in [4.69, 9.17) is 0 Å². The Balaban J connectivity index is 1.38. The molecule has 6 rings (SSSR count). The highest BCUT2D eigenvalue weighted by molar-refractivity contribution is 5.81. The largest absolute Gasteiger partial charge is 0.311 e. The maximum atomic E-state index is 9.32. The molecule has 192 valence electrons. The van der Waals surface area contributed by atoms with Gasteiger partial charge in [0.15, 0.2) is 0 Å². The van der Waals surface area contributed by atoms with Gasteiger partial charge >= 0.3 is 0 Å². The van der Waals surface area contributed by atoms with Gasteiger partial charge in [0.25, 0.3) is 0 Å². The van der Waals surface area contributed by atoms with E-state index in [1.807, 2.05) is 54.6 Å². The molecule has 0 N–H and O–H groups in total. The molecule has 0 aliphatic heterocycles. The van der Waals surface area contributed by atoms with Crippen LogP contribution in [-0.2, 0) is 0 Å². The molecule has 41 heavy (non-hydrogen) atoms. The Morgan fingerprint density at radius 1 is 0.341 bits per heavy atom. The van der Waals surface area contributed by atoms with Crippen molar-refractivity contribution >= 4 is 17.1 Å². The van der Waals surface area contributed by atoms with E-state index in [9.17, 15) is 10.5 Å². The molecule has 3 heteroatoms. The molecular weight excluding hydrogens is 498 g/mol. The fourth-order valence-corrected chi connectivity index (χ4v) is 5.02. The van der Waals surface area contributed by atoms with Crippen molar-refractivity contribution in [1.82, 2.24) is 0 Å². The minimum atomic E-state index is 0.645. The zero-order valence-electron chi connectivity index (χ0n) is 22.3. The smallest absolute Gasteiger partial charge is 0.0991 e. The van der Waals surface area contributed by atoms with E-state index in [0.717, 1.165) is 44.9 Å². The summed E-state index contributed by atoms with van der Waals surface area (Å²) in [6, 6.07) is 55.6. The van der Waals surface area contributed by atoms with Crippen molar-refractivity contribution in [2.45, 2.75) is 0 Å². The average Bonchev–Trinajstić information content (AvgIpc) is 3.06. The summed E-state index contributed by atoms with van der Waals surface area (Å²) in [5, 5.41) is 18.6. The number of nitriles is 2. The molecule has 0 saturated heterocycles. The highest BCUT2D eigenvalue weighted by atomic mass is 15.1. The zero-order valence-corrected chi connectivity index (χ0v) is 22.3. The third kappa shape index (κ3) is 5.48. The fraction of sp³-hybridized carbons (Fsp3) is 0. The summed E-state index contributed by atoms with van der Waals surface area (Å²) in [5.41, 5.74) is 10.9. The maximum absolute atomic E-state index is 9.32. The molecule has 6 aromatic rings. The van der Waals surface area contributed by atoms with Gasteiger partial charge in [0.2, 0.25) is 0 Å². The summed E-state index contributed by atoms with van der Waals surface area (Å²) in [7, 11) is 0. The van der Waals surface area contributed by atoms with Gasteiger partial charge in [-0.3, -0.25) is 0 Å². The molecule has 3 nitrogen and oxygen atoms in total. The van der Waals surface area contributed by atoms with Gasteiger partial charge in [-0.1, -0.05) is 91.0 Å². The molecule has 0 aliphatic carbocycles. The molecule has 0 unspecified atom stereocenters. The van der Waals surface area contributed by atoms with E-state index in [1.54, 1.807) is 0 Å². The van der Waals surface area contributed by atoms with Gasteiger partial charge in [-0.15, -0.1) is 0 Å². The van der Waals surface area contributed by atoms with Gasteiger partial charge in [-0.25, -0.2) is 0 Å². The van der Waals surface area contributed by atoms with Crippen molar-refractivity contribution in [3.05, 3.63) is 163 Å². The maximum Gasteiger partial charge on any atom is 0.0991 e. The number of benzene rings is 6. The van der Waals surface area contributed by atoms with E-state index in [2.05, 4.69) is 114 Å². The van der Waals surface area contributed by atoms with Gasteiger partial charge in [0.1, 0.15) is 0 Å². The van der Waals surface area contributed by atoms with Crippen LogP contribution < -0.4 is 4.90 Å². The third-order valence-corrected chi connectivity index (χ3v) is 7.13. The lowest BCUT2D eigenvalue weighted by Crippen LogP contribution is -2.09. The molecule has 0 bridgehead atoms. The van der Waals surface area contributed by atoms with Crippen molar-refractivity contribution in [1.29, 1.82) is 10.5 Å². The summed E-state index contributed by atoms with van der Waals surface area (Å²) in [5.74, 6) is 0. The minimum Gasteiger partial charge on any atom is -0.311 e. The van der Waals surface area contributed by atoms with E-state index in [1.165, 1.54) is 5.56 Å². The second-order valence-electron chi connectivity index (χ2n) is 9.73. The molecular formula is C38H25N3. The standard InChI is InChI=1S/C38H25N3/c39-26-28-6-4-10-34(24-28)32-14-20-37(21-15-32)41(36-18-12-31(13-19-36)30-8-2-1-3-9-30)38-22-16-33(17-23-38)35-11-5-7-29(25-35)27-40/h1-25H. The van der Waals surface area contributed by atoms with Crippen molar-refractivity contribution in [2.24, 2.45) is 0 Å². The van der Waals surface area contributed by atoms with Crippen LogP contribution in [0.2, 0.25) is 0 Å².